The van der Waals surface area contributed by atoms with Crippen LogP contribution < -0.4 is 0 Å². The second kappa shape index (κ2) is 6.80. The highest BCUT2D eigenvalue weighted by atomic mass is 32.2. The maximum atomic E-state index is 12.7. The Morgan fingerprint density at radius 1 is 1.37 bits per heavy atom. The molecule has 0 aromatic heterocycles. The van der Waals surface area contributed by atoms with Gasteiger partial charge in [0, 0.05) is 12.7 Å². The van der Waals surface area contributed by atoms with Crippen molar-refractivity contribution in [1.29, 1.82) is 0 Å². The summed E-state index contributed by atoms with van der Waals surface area (Å²) in [6, 6.07) is 4.14. The molecule has 1 aromatic carbocycles. The first-order valence-electron chi connectivity index (χ1n) is 5.79. The van der Waals surface area contributed by atoms with Crippen LogP contribution in [0.15, 0.2) is 24.3 Å². The third-order valence-electron chi connectivity index (χ3n) is 2.57. The van der Waals surface area contributed by atoms with Crippen molar-refractivity contribution in [2.45, 2.75) is 26.4 Å². The molecule has 0 atom stereocenters. The topological polar surface area (TPSA) is 17.1 Å². The summed E-state index contributed by atoms with van der Waals surface area (Å²) in [7, 11) is 0. The Morgan fingerprint density at radius 2 is 2.05 bits per heavy atom. The molecule has 0 unspecified atom stereocenters. The molecule has 0 amide bonds. The largest absolute Gasteiger partial charge is 0.416 e. The van der Waals surface area contributed by atoms with Crippen LogP contribution in [-0.2, 0) is 11.0 Å². The van der Waals surface area contributed by atoms with E-state index in [1.165, 1.54) is 31.7 Å². The van der Waals surface area contributed by atoms with Gasteiger partial charge in [-0.15, -0.1) is 0 Å². The number of alkyl halides is 3. The molecule has 0 aliphatic heterocycles. The fraction of sp³-hybridized carbons (Fsp3) is 0.357. The van der Waals surface area contributed by atoms with Gasteiger partial charge >= 0.3 is 6.18 Å². The summed E-state index contributed by atoms with van der Waals surface area (Å²) < 4.78 is 38.1. The van der Waals surface area contributed by atoms with E-state index in [-0.39, 0.29) is 10.7 Å². The standard InChI is InChI=1S/C14H15F3OS/c1-10-12(6-3-4-9-19-11(2)18)7-5-8-13(10)14(15,16)17/h3,5-8H,4,9H2,1-2H3. The van der Waals surface area contributed by atoms with Crippen molar-refractivity contribution < 1.29 is 18.0 Å². The van der Waals surface area contributed by atoms with Crippen molar-refractivity contribution >= 4 is 23.0 Å². The molecule has 1 nitrogen and oxygen atoms in total. The van der Waals surface area contributed by atoms with Crippen LogP contribution in [0.2, 0.25) is 0 Å². The monoisotopic (exact) mass is 288 g/mol. The zero-order valence-corrected chi connectivity index (χ0v) is 11.6. The van der Waals surface area contributed by atoms with Gasteiger partial charge < -0.3 is 0 Å². The molecule has 0 heterocycles. The molecule has 1 aromatic rings. The SMILES string of the molecule is CC(=O)SCCC=Cc1cccc(C(F)(F)F)c1C. The van der Waals surface area contributed by atoms with E-state index < -0.39 is 11.7 Å². The van der Waals surface area contributed by atoms with Crippen LogP contribution >= 0.6 is 11.8 Å². The van der Waals surface area contributed by atoms with Gasteiger partial charge in [-0.2, -0.15) is 13.2 Å². The number of hydrogen-bond acceptors (Lipinski definition) is 2. The second-order valence-electron chi connectivity index (χ2n) is 4.05. The van der Waals surface area contributed by atoms with Gasteiger partial charge in [0.05, 0.1) is 5.56 Å². The molecule has 0 aliphatic rings. The van der Waals surface area contributed by atoms with Gasteiger partial charge in [0.25, 0.3) is 0 Å². The molecule has 0 saturated carbocycles. The van der Waals surface area contributed by atoms with Crippen LogP contribution in [0.4, 0.5) is 13.2 Å². The van der Waals surface area contributed by atoms with Crippen molar-refractivity contribution in [2.75, 3.05) is 5.75 Å². The average Bonchev–Trinajstić information content (AvgIpc) is 2.28. The van der Waals surface area contributed by atoms with E-state index in [0.717, 1.165) is 6.07 Å². The molecule has 0 spiro atoms. The minimum absolute atomic E-state index is 0.0450. The lowest BCUT2D eigenvalue weighted by molar-refractivity contribution is -0.138. The number of allylic oxidation sites excluding steroid dienone is 1. The minimum Gasteiger partial charge on any atom is -0.288 e. The normalized spacial score (nSPS) is 12.1. The van der Waals surface area contributed by atoms with Gasteiger partial charge in [0.2, 0.25) is 0 Å². The van der Waals surface area contributed by atoms with E-state index in [4.69, 9.17) is 0 Å². The molecule has 19 heavy (non-hydrogen) atoms. The maximum absolute atomic E-state index is 12.7. The Morgan fingerprint density at radius 3 is 2.63 bits per heavy atom. The molecule has 104 valence electrons. The summed E-state index contributed by atoms with van der Waals surface area (Å²) in [6.45, 7) is 2.96. The Kier molecular flexibility index (Phi) is 5.66. The van der Waals surface area contributed by atoms with Gasteiger partial charge in [0.15, 0.2) is 5.12 Å². The van der Waals surface area contributed by atoms with Crippen molar-refractivity contribution in [3.63, 3.8) is 0 Å². The molecule has 0 N–H and O–H groups in total. The average molecular weight is 288 g/mol. The van der Waals surface area contributed by atoms with Crippen LogP contribution in [0.5, 0.6) is 0 Å². The molecule has 5 heteroatoms. The highest BCUT2D eigenvalue weighted by Crippen LogP contribution is 2.33. The van der Waals surface area contributed by atoms with Crippen molar-refractivity contribution in [3.05, 3.63) is 41.0 Å². The Labute approximate surface area is 114 Å². The maximum Gasteiger partial charge on any atom is 0.416 e. The summed E-state index contributed by atoms with van der Waals surface area (Å²) in [6.07, 6.45) is -0.206. The summed E-state index contributed by atoms with van der Waals surface area (Å²) in [5, 5.41) is 0.0450. The van der Waals surface area contributed by atoms with Crippen LogP contribution in [0, 0.1) is 6.92 Å². The minimum atomic E-state index is -4.32. The molecule has 0 bridgehead atoms. The number of carbonyl (C=O) groups excluding carboxylic acids is 1. The Bertz CT molecular complexity index is 478. The first-order chi connectivity index (χ1) is 8.82. The quantitative estimate of drug-likeness (QED) is 0.747. The lowest BCUT2D eigenvalue weighted by Crippen LogP contribution is -2.07. The van der Waals surface area contributed by atoms with E-state index in [1.54, 1.807) is 18.2 Å². The number of hydrogen-bond donors (Lipinski definition) is 0. The molecule has 1 rings (SSSR count). The highest BCUT2D eigenvalue weighted by molar-refractivity contribution is 8.13. The smallest absolute Gasteiger partial charge is 0.288 e. The van der Waals surface area contributed by atoms with Gasteiger partial charge in [0.1, 0.15) is 0 Å². The zero-order chi connectivity index (χ0) is 14.5. The number of carbonyl (C=O) groups is 1. The number of thioether (sulfide) groups is 1. The van der Waals surface area contributed by atoms with E-state index in [1.807, 2.05) is 0 Å². The summed E-state index contributed by atoms with van der Waals surface area (Å²) in [5.74, 6) is 0.643. The third-order valence-corrected chi connectivity index (χ3v) is 3.41. The first kappa shape index (κ1) is 15.8. The predicted octanol–water partition coefficient (Wildman–Crippen LogP) is 4.70. The van der Waals surface area contributed by atoms with Crippen molar-refractivity contribution in [1.82, 2.24) is 0 Å². The fourth-order valence-corrected chi connectivity index (χ4v) is 2.16. The van der Waals surface area contributed by atoms with Crippen LogP contribution in [0.1, 0.15) is 30.0 Å². The van der Waals surface area contributed by atoms with E-state index in [2.05, 4.69) is 0 Å². The highest BCUT2D eigenvalue weighted by Gasteiger charge is 2.32. The predicted molar refractivity (Wildman–Crippen MR) is 73.0 cm³/mol. The van der Waals surface area contributed by atoms with E-state index >= 15 is 0 Å². The van der Waals surface area contributed by atoms with Gasteiger partial charge in [-0.25, -0.2) is 0 Å². The van der Waals surface area contributed by atoms with E-state index in [9.17, 15) is 18.0 Å². The number of rotatable bonds is 4. The molecule has 0 aliphatic carbocycles. The molecule has 0 radical (unpaired) electrons. The zero-order valence-electron chi connectivity index (χ0n) is 10.8. The molecule has 0 fully saturated rings. The van der Waals surface area contributed by atoms with Gasteiger partial charge in [-0.05, 0) is 30.5 Å². The summed E-state index contributed by atoms with van der Waals surface area (Å²) in [4.78, 5) is 10.7. The van der Waals surface area contributed by atoms with Crippen LogP contribution in [-0.4, -0.2) is 10.9 Å². The summed E-state index contributed by atoms with van der Waals surface area (Å²) >= 11 is 1.21. The van der Waals surface area contributed by atoms with Crippen LogP contribution in [0.3, 0.4) is 0 Å². The number of benzene rings is 1. The van der Waals surface area contributed by atoms with E-state index in [0.29, 0.717) is 17.7 Å². The van der Waals surface area contributed by atoms with Crippen molar-refractivity contribution in [3.8, 4) is 0 Å². The molecular formula is C14H15F3OS. The lowest BCUT2D eigenvalue weighted by Gasteiger charge is -2.11. The molecule has 0 saturated heterocycles. The Balaban J connectivity index is 2.74. The fourth-order valence-electron chi connectivity index (χ4n) is 1.62. The lowest BCUT2D eigenvalue weighted by atomic mass is 10.0. The van der Waals surface area contributed by atoms with Gasteiger partial charge in [-0.3, -0.25) is 4.79 Å². The van der Waals surface area contributed by atoms with Gasteiger partial charge in [-0.1, -0.05) is 36.0 Å². The first-order valence-corrected chi connectivity index (χ1v) is 6.77. The molecular weight excluding hydrogens is 273 g/mol. The third kappa shape index (κ3) is 5.11. The second-order valence-corrected chi connectivity index (χ2v) is 5.32. The summed E-state index contributed by atoms with van der Waals surface area (Å²) in [5.41, 5.74) is 0.181. The number of halogens is 3. The Hall–Kier alpha value is -1.23. The van der Waals surface area contributed by atoms with Crippen LogP contribution in [0.25, 0.3) is 6.08 Å². The van der Waals surface area contributed by atoms with Crippen molar-refractivity contribution in [2.24, 2.45) is 0 Å².